The minimum absolute atomic E-state index is 0.0321. The van der Waals surface area contributed by atoms with Crippen LogP contribution in [0.5, 0.6) is 0 Å². The number of carbonyl (C=O) groups excluding carboxylic acids is 2. The molecule has 34 heavy (non-hydrogen) atoms. The van der Waals surface area contributed by atoms with Crippen LogP contribution in [-0.2, 0) is 17.6 Å². The van der Waals surface area contributed by atoms with E-state index in [1.54, 1.807) is 53.2 Å². The van der Waals surface area contributed by atoms with Gasteiger partial charge in [0.05, 0.1) is 6.42 Å². The standard InChI is InChI=1S/C25H24FN5O3/c1-14(2)31-24(27)22(25(28)33)23(29-31)16-9-7-15(8-10-16)11-17(32)12-18-13-21(30-34-18)19-5-3-4-6-20(19)26/h3-10,13-14H,11-12,27H2,1-2H3,(H2,28,33). The molecule has 0 radical (unpaired) electrons. The summed E-state index contributed by atoms with van der Waals surface area (Å²) in [7, 11) is 0. The highest BCUT2D eigenvalue weighted by Crippen LogP contribution is 2.29. The molecule has 4 rings (SSSR count). The number of halogens is 1. The summed E-state index contributed by atoms with van der Waals surface area (Å²) in [4.78, 5) is 24.5. The van der Waals surface area contributed by atoms with E-state index in [0.29, 0.717) is 28.3 Å². The quantitative estimate of drug-likeness (QED) is 0.408. The zero-order valence-electron chi connectivity index (χ0n) is 18.8. The predicted octanol–water partition coefficient (Wildman–Crippen LogP) is 3.96. The van der Waals surface area contributed by atoms with Gasteiger partial charge < -0.3 is 16.0 Å². The fraction of sp³-hybridized carbons (Fsp3) is 0.200. The summed E-state index contributed by atoms with van der Waals surface area (Å²) in [6.45, 7) is 3.81. The molecule has 0 aliphatic heterocycles. The molecule has 0 saturated heterocycles. The highest BCUT2D eigenvalue weighted by molar-refractivity contribution is 6.03. The third-order valence-electron chi connectivity index (χ3n) is 5.39. The minimum Gasteiger partial charge on any atom is -0.383 e. The van der Waals surface area contributed by atoms with Gasteiger partial charge >= 0.3 is 0 Å². The molecule has 0 spiro atoms. The van der Waals surface area contributed by atoms with Crippen molar-refractivity contribution in [2.45, 2.75) is 32.7 Å². The number of nitrogens with zero attached hydrogens (tertiary/aromatic N) is 3. The summed E-state index contributed by atoms with van der Waals surface area (Å²) in [6, 6.07) is 14.9. The Morgan fingerprint density at radius 1 is 1.09 bits per heavy atom. The number of carbonyl (C=O) groups is 2. The van der Waals surface area contributed by atoms with Crippen LogP contribution in [0, 0.1) is 5.82 Å². The molecule has 0 aliphatic rings. The monoisotopic (exact) mass is 461 g/mol. The molecule has 0 unspecified atom stereocenters. The van der Waals surface area contributed by atoms with Gasteiger partial charge in [0, 0.05) is 29.7 Å². The molecule has 0 aliphatic carbocycles. The van der Waals surface area contributed by atoms with Crippen LogP contribution in [-0.4, -0.2) is 26.6 Å². The van der Waals surface area contributed by atoms with Gasteiger partial charge in [0.2, 0.25) is 0 Å². The fourth-order valence-electron chi connectivity index (χ4n) is 3.74. The lowest BCUT2D eigenvalue weighted by Gasteiger charge is -2.06. The molecule has 4 aromatic rings. The van der Waals surface area contributed by atoms with Gasteiger partial charge in [-0.25, -0.2) is 9.07 Å². The number of hydrogen-bond acceptors (Lipinski definition) is 6. The van der Waals surface area contributed by atoms with Crippen LogP contribution in [0.4, 0.5) is 10.2 Å². The van der Waals surface area contributed by atoms with Crippen molar-refractivity contribution in [3.63, 3.8) is 0 Å². The van der Waals surface area contributed by atoms with E-state index < -0.39 is 11.7 Å². The summed E-state index contributed by atoms with van der Waals surface area (Å²) in [5.74, 6) is -0.567. The molecular weight excluding hydrogens is 437 g/mol. The lowest BCUT2D eigenvalue weighted by Crippen LogP contribution is -2.15. The van der Waals surface area contributed by atoms with Crippen molar-refractivity contribution in [1.29, 1.82) is 0 Å². The number of rotatable bonds is 8. The number of hydrogen-bond donors (Lipinski definition) is 2. The number of primary amides is 1. The molecule has 0 atom stereocenters. The molecule has 1 amide bonds. The molecular formula is C25H24FN5O3. The second-order valence-corrected chi connectivity index (χ2v) is 8.26. The number of amides is 1. The molecule has 0 fully saturated rings. The molecule has 174 valence electrons. The Kier molecular flexibility index (Phi) is 6.27. The Balaban J connectivity index is 1.47. The number of anilines is 1. The molecule has 8 nitrogen and oxygen atoms in total. The van der Waals surface area contributed by atoms with E-state index in [-0.39, 0.29) is 36.0 Å². The number of nitrogens with two attached hydrogens (primary N) is 2. The van der Waals surface area contributed by atoms with E-state index in [9.17, 15) is 14.0 Å². The van der Waals surface area contributed by atoms with E-state index in [1.165, 1.54) is 6.07 Å². The summed E-state index contributed by atoms with van der Waals surface area (Å²) in [5, 5.41) is 8.33. The largest absolute Gasteiger partial charge is 0.383 e. The first-order valence-corrected chi connectivity index (χ1v) is 10.7. The lowest BCUT2D eigenvalue weighted by molar-refractivity contribution is -0.118. The molecule has 0 saturated carbocycles. The SMILES string of the molecule is CC(C)n1nc(-c2ccc(CC(=O)Cc3cc(-c4ccccc4F)no3)cc2)c(C(N)=O)c1N. The Morgan fingerprint density at radius 3 is 2.44 bits per heavy atom. The normalized spacial score (nSPS) is 11.2. The maximum absolute atomic E-state index is 13.9. The third kappa shape index (κ3) is 4.59. The molecule has 4 N–H and O–H groups in total. The number of ketones is 1. The smallest absolute Gasteiger partial charge is 0.254 e. The Bertz CT molecular complexity index is 1360. The molecule has 2 heterocycles. The first-order chi connectivity index (χ1) is 16.2. The number of benzene rings is 2. The second-order valence-electron chi connectivity index (χ2n) is 8.26. The zero-order chi connectivity index (χ0) is 24.4. The maximum atomic E-state index is 13.9. The van der Waals surface area contributed by atoms with Crippen molar-refractivity contribution in [2.24, 2.45) is 5.73 Å². The van der Waals surface area contributed by atoms with E-state index in [2.05, 4.69) is 10.3 Å². The summed E-state index contributed by atoms with van der Waals surface area (Å²) in [6.07, 6.45) is 0.200. The first-order valence-electron chi connectivity index (χ1n) is 10.7. The number of nitrogen functional groups attached to an aromatic ring is 1. The van der Waals surface area contributed by atoms with Gasteiger partial charge in [-0.1, -0.05) is 41.6 Å². The first kappa shape index (κ1) is 22.9. The van der Waals surface area contributed by atoms with Crippen molar-refractivity contribution in [2.75, 3.05) is 5.73 Å². The topological polar surface area (TPSA) is 130 Å². The number of aromatic nitrogens is 3. The van der Waals surface area contributed by atoms with Crippen LogP contribution >= 0.6 is 0 Å². The summed E-state index contributed by atoms with van der Waals surface area (Å²) in [5.41, 5.74) is 14.3. The van der Waals surface area contributed by atoms with Crippen LogP contribution in [0.3, 0.4) is 0 Å². The Labute approximate surface area is 195 Å². The Morgan fingerprint density at radius 2 is 1.79 bits per heavy atom. The number of Topliss-reactive ketones (excluding diaryl/α,β-unsaturated/α-hetero) is 1. The van der Waals surface area contributed by atoms with E-state index >= 15 is 0 Å². The van der Waals surface area contributed by atoms with Crippen molar-refractivity contribution in [3.05, 3.63) is 77.3 Å². The van der Waals surface area contributed by atoms with E-state index in [1.807, 2.05) is 13.8 Å². The van der Waals surface area contributed by atoms with Crippen LogP contribution < -0.4 is 11.5 Å². The summed E-state index contributed by atoms with van der Waals surface area (Å²) >= 11 is 0. The molecule has 0 bridgehead atoms. The van der Waals surface area contributed by atoms with Gasteiger partial charge in [0.25, 0.3) is 5.91 Å². The summed E-state index contributed by atoms with van der Waals surface area (Å²) < 4.78 is 20.7. The third-order valence-corrected chi connectivity index (χ3v) is 5.39. The highest BCUT2D eigenvalue weighted by Gasteiger charge is 2.22. The predicted molar refractivity (Wildman–Crippen MR) is 125 cm³/mol. The second kappa shape index (κ2) is 9.30. The van der Waals surface area contributed by atoms with Crippen LogP contribution in [0.2, 0.25) is 0 Å². The minimum atomic E-state index is -0.652. The molecule has 2 aromatic heterocycles. The molecule has 9 heteroatoms. The van der Waals surface area contributed by atoms with Crippen molar-refractivity contribution in [3.8, 4) is 22.5 Å². The molecule has 2 aromatic carbocycles. The zero-order valence-corrected chi connectivity index (χ0v) is 18.8. The van der Waals surface area contributed by atoms with Crippen molar-refractivity contribution < 1.29 is 18.5 Å². The van der Waals surface area contributed by atoms with E-state index in [0.717, 1.165) is 5.56 Å². The van der Waals surface area contributed by atoms with Crippen LogP contribution in [0.25, 0.3) is 22.5 Å². The maximum Gasteiger partial charge on any atom is 0.254 e. The van der Waals surface area contributed by atoms with Gasteiger partial charge in [0.15, 0.2) is 0 Å². The average molecular weight is 461 g/mol. The average Bonchev–Trinajstić information content (AvgIpc) is 3.39. The van der Waals surface area contributed by atoms with E-state index in [4.69, 9.17) is 16.0 Å². The highest BCUT2D eigenvalue weighted by atomic mass is 19.1. The van der Waals surface area contributed by atoms with Gasteiger partial charge in [0.1, 0.15) is 40.1 Å². The van der Waals surface area contributed by atoms with Gasteiger partial charge in [-0.05, 0) is 31.5 Å². The Hall–Kier alpha value is -4.27. The van der Waals surface area contributed by atoms with Crippen molar-refractivity contribution >= 4 is 17.5 Å². The van der Waals surface area contributed by atoms with Gasteiger partial charge in [-0.3, -0.25) is 9.59 Å². The van der Waals surface area contributed by atoms with Crippen LogP contribution in [0.15, 0.2) is 59.1 Å². The lowest BCUT2D eigenvalue weighted by atomic mass is 10.0. The van der Waals surface area contributed by atoms with Crippen LogP contribution in [0.1, 0.15) is 41.6 Å². The van der Waals surface area contributed by atoms with Gasteiger partial charge in [-0.2, -0.15) is 5.10 Å². The van der Waals surface area contributed by atoms with Crippen molar-refractivity contribution in [1.82, 2.24) is 14.9 Å². The van der Waals surface area contributed by atoms with Gasteiger partial charge in [-0.15, -0.1) is 0 Å². The fourth-order valence-corrected chi connectivity index (χ4v) is 3.74.